The van der Waals surface area contributed by atoms with Crippen LogP contribution in [0.4, 0.5) is 4.39 Å². The van der Waals surface area contributed by atoms with Crippen LogP contribution in [0.25, 0.3) is 5.69 Å². The van der Waals surface area contributed by atoms with E-state index in [9.17, 15) is 18.8 Å². The van der Waals surface area contributed by atoms with E-state index in [1.54, 1.807) is 31.2 Å². The van der Waals surface area contributed by atoms with E-state index < -0.39 is 28.7 Å². The van der Waals surface area contributed by atoms with E-state index in [1.165, 1.54) is 18.2 Å². The Kier molecular flexibility index (Phi) is 5.49. The molecule has 8 heteroatoms. The van der Waals surface area contributed by atoms with Gasteiger partial charge in [-0.05, 0) is 49.2 Å². The fraction of sp³-hybridized carbons (Fsp3) is 0.200. The number of nitrogens with zero attached hydrogens (tertiary/aromatic N) is 3. The monoisotopic (exact) mass is 382 g/mol. The van der Waals surface area contributed by atoms with Gasteiger partial charge < -0.3 is 5.32 Å². The van der Waals surface area contributed by atoms with Crippen LogP contribution in [0, 0.1) is 12.7 Å². The molecular weight excluding hydrogens is 363 g/mol. The molecule has 1 aromatic heterocycles. The summed E-state index contributed by atoms with van der Waals surface area (Å²) in [4.78, 5) is 38.1. The number of aryl methyl sites for hydroxylation is 1. The molecule has 0 saturated heterocycles. The average molecular weight is 382 g/mol. The molecule has 1 amide bonds. The quantitative estimate of drug-likeness (QED) is 0.727. The van der Waals surface area contributed by atoms with Crippen LogP contribution in [0.3, 0.4) is 0 Å². The summed E-state index contributed by atoms with van der Waals surface area (Å²) in [7, 11) is 0. The summed E-state index contributed by atoms with van der Waals surface area (Å²) in [6.45, 7) is 3.67. The van der Waals surface area contributed by atoms with Crippen LogP contribution >= 0.6 is 0 Å². The topological polar surface area (TPSA) is 86.0 Å². The van der Waals surface area contributed by atoms with E-state index in [1.807, 2.05) is 13.0 Å². The van der Waals surface area contributed by atoms with E-state index >= 15 is 0 Å². The molecule has 144 valence electrons. The Morgan fingerprint density at radius 1 is 1.14 bits per heavy atom. The first-order valence-corrected chi connectivity index (χ1v) is 8.74. The van der Waals surface area contributed by atoms with Crippen molar-refractivity contribution in [2.45, 2.75) is 20.4 Å². The smallest absolute Gasteiger partial charge is 0.351 e. The van der Waals surface area contributed by atoms with Gasteiger partial charge in [-0.25, -0.2) is 9.18 Å². The molecule has 0 bridgehead atoms. The van der Waals surface area contributed by atoms with Crippen molar-refractivity contribution in [3.05, 3.63) is 92.0 Å². The predicted octanol–water partition coefficient (Wildman–Crippen LogP) is 1.64. The van der Waals surface area contributed by atoms with Gasteiger partial charge in [-0.2, -0.15) is 9.78 Å². The first kappa shape index (κ1) is 19.2. The molecule has 7 nitrogen and oxygen atoms in total. The maximum Gasteiger partial charge on any atom is 0.352 e. The Bertz CT molecular complexity index is 1150. The fourth-order valence-corrected chi connectivity index (χ4v) is 2.79. The van der Waals surface area contributed by atoms with Crippen molar-refractivity contribution < 1.29 is 9.18 Å². The highest BCUT2D eigenvalue weighted by Crippen LogP contribution is 2.08. The van der Waals surface area contributed by atoms with Gasteiger partial charge in [-0.15, -0.1) is 0 Å². The van der Waals surface area contributed by atoms with Gasteiger partial charge in [0, 0.05) is 6.54 Å². The molecular formula is C20H19FN4O3. The van der Waals surface area contributed by atoms with Crippen LogP contribution in [-0.2, 0) is 6.54 Å². The van der Waals surface area contributed by atoms with Crippen molar-refractivity contribution in [1.29, 1.82) is 0 Å². The number of rotatable bonds is 5. The van der Waals surface area contributed by atoms with Gasteiger partial charge in [0.1, 0.15) is 5.82 Å². The van der Waals surface area contributed by atoms with Crippen LogP contribution in [0.15, 0.2) is 58.1 Å². The SMILES string of the molecule is CCNC(=O)c1nn(-c2cccc(C)c2)c(=O)n(Cc2cccc(F)c2)c1=O. The Morgan fingerprint density at radius 3 is 2.57 bits per heavy atom. The lowest BCUT2D eigenvalue weighted by atomic mass is 10.2. The van der Waals surface area contributed by atoms with Crippen LogP contribution in [-0.4, -0.2) is 26.8 Å². The zero-order valence-corrected chi connectivity index (χ0v) is 15.5. The molecule has 1 N–H and O–H groups in total. The summed E-state index contributed by atoms with van der Waals surface area (Å²) in [5.74, 6) is -1.16. The summed E-state index contributed by atoms with van der Waals surface area (Å²) >= 11 is 0. The van der Waals surface area contributed by atoms with E-state index in [2.05, 4.69) is 10.4 Å². The average Bonchev–Trinajstić information content (AvgIpc) is 2.65. The van der Waals surface area contributed by atoms with Gasteiger partial charge >= 0.3 is 5.69 Å². The number of nitrogens with one attached hydrogen (secondary N) is 1. The van der Waals surface area contributed by atoms with Crippen LogP contribution in [0.5, 0.6) is 0 Å². The predicted molar refractivity (Wildman–Crippen MR) is 102 cm³/mol. The van der Waals surface area contributed by atoms with Crippen molar-refractivity contribution in [2.24, 2.45) is 0 Å². The van der Waals surface area contributed by atoms with Crippen LogP contribution < -0.4 is 16.6 Å². The highest BCUT2D eigenvalue weighted by Gasteiger charge is 2.20. The molecule has 2 aromatic carbocycles. The Morgan fingerprint density at radius 2 is 1.89 bits per heavy atom. The Hall–Kier alpha value is -3.55. The summed E-state index contributed by atoms with van der Waals surface area (Å²) in [5, 5.41) is 6.53. The molecule has 0 saturated carbocycles. The maximum absolute atomic E-state index is 13.5. The van der Waals surface area contributed by atoms with Crippen molar-refractivity contribution in [3.8, 4) is 5.69 Å². The first-order valence-electron chi connectivity index (χ1n) is 8.74. The second-order valence-electron chi connectivity index (χ2n) is 6.26. The van der Waals surface area contributed by atoms with Crippen LogP contribution in [0.1, 0.15) is 28.5 Å². The number of carbonyl (C=O) groups is 1. The third-order valence-electron chi connectivity index (χ3n) is 4.09. The molecule has 0 unspecified atom stereocenters. The first-order chi connectivity index (χ1) is 13.4. The number of amides is 1. The third-order valence-corrected chi connectivity index (χ3v) is 4.09. The zero-order valence-electron chi connectivity index (χ0n) is 15.5. The highest BCUT2D eigenvalue weighted by molar-refractivity contribution is 5.91. The van der Waals surface area contributed by atoms with Gasteiger partial charge in [-0.3, -0.25) is 14.2 Å². The number of carbonyl (C=O) groups excluding carboxylic acids is 1. The van der Waals surface area contributed by atoms with Crippen molar-refractivity contribution >= 4 is 5.91 Å². The highest BCUT2D eigenvalue weighted by atomic mass is 19.1. The molecule has 3 rings (SSSR count). The second-order valence-corrected chi connectivity index (χ2v) is 6.26. The second kappa shape index (κ2) is 7.99. The van der Waals surface area contributed by atoms with Gasteiger partial charge in [0.2, 0.25) is 5.69 Å². The molecule has 0 radical (unpaired) electrons. The largest absolute Gasteiger partial charge is 0.352 e. The molecule has 28 heavy (non-hydrogen) atoms. The van der Waals surface area contributed by atoms with E-state index in [0.717, 1.165) is 14.8 Å². The molecule has 0 aliphatic rings. The zero-order chi connectivity index (χ0) is 20.3. The summed E-state index contributed by atoms with van der Waals surface area (Å²) in [5.41, 5.74) is -0.225. The lowest BCUT2D eigenvalue weighted by Gasteiger charge is -2.12. The lowest BCUT2D eigenvalue weighted by Crippen LogP contribution is -2.46. The molecule has 3 aromatic rings. The molecule has 0 fully saturated rings. The summed E-state index contributed by atoms with van der Waals surface area (Å²) in [6.07, 6.45) is 0. The number of halogens is 1. The maximum atomic E-state index is 13.5. The summed E-state index contributed by atoms with van der Waals surface area (Å²) < 4.78 is 15.4. The van der Waals surface area contributed by atoms with Gasteiger partial charge in [-0.1, -0.05) is 24.3 Å². The van der Waals surface area contributed by atoms with E-state index in [-0.39, 0.29) is 6.54 Å². The molecule has 0 aliphatic heterocycles. The number of aromatic nitrogens is 3. The minimum absolute atomic E-state index is 0.184. The van der Waals surface area contributed by atoms with E-state index in [0.29, 0.717) is 17.8 Å². The molecule has 0 atom stereocenters. The third kappa shape index (κ3) is 3.90. The van der Waals surface area contributed by atoms with Crippen molar-refractivity contribution in [1.82, 2.24) is 19.7 Å². The molecule has 0 aliphatic carbocycles. The fourth-order valence-electron chi connectivity index (χ4n) is 2.79. The number of benzene rings is 2. The molecule has 1 heterocycles. The Balaban J connectivity index is 2.23. The number of hydrogen-bond donors (Lipinski definition) is 1. The lowest BCUT2D eigenvalue weighted by molar-refractivity contribution is 0.0946. The summed E-state index contributed by atoms with van der Waals surface area (Å²) in [6, 6.07) is 12.5. The minimum Gasteiger partial charge on any atom is -0.351 e. The van der Waals surface area contributed by atoms with E-state index in [4.69, 9.17) is 0 Å². The normalized spacial score (nSPS) is 10.7. The number of hydrogen-bond acceptors (Lipinski definition) is 4. The van der Waals surface area contributed by atoms with Gasteiger partial charge in [0.05, 0.1) is 12.2 Å². The van der Waals surface area contributed by atoms with Gasteiger partial charge in [0.15, 0.2) is 0 Å². The standard InChI is InChI=1S/C20H19FN4O3/c1-3-22-18(26)17-19(27)24(12-14-7-5-8-15(21)11-14)20(28)25(23-17)16-9-4-6-13(2)10-16/h4-11H,3,12H2,1-2H3,(H,22,26). The minimum atomic E-state index is -0.830. The van der Waals surface area contributed by atoms with Crippen molar-refractivity contribution in [2.75, 3.05) is 6.54 Å². The Labute approximate surface area is 160 Å². The molecule has 0 spiro atoms. The van der Waals surface area contributed by atoms with Gasteiger partial charge in [0.25, 0.3) is 11.5 Å². The van der Waals surface area contributed by atoms with Crippen LogP contribution in [0.2, 0.25) is 0 Å². The van der Waals surface area contributed by atoms with Crippen molar-refractivity contribution in [3.63, 3.8) is 0 Å².